The zero-order valence-corrected chi connectivity index (χ0v) is 13.5. The molecule has 110 valence electrons. The molecule has 1 unspecified atom stereocenters. The van der Waals surface area contributed by atoms with Gasteiger partial charge in [0.1, 0.15) is 0 Å². The molecule has 0 aliphatic carbocycles. The number of hydrogen-bond donors (Lipinski definition) is 0. The van der Waals surface area contributed by atoms with E-state index in [0.717, 1.165) is 32.4 Å². The largest absolute Gasteiger partial charge is 0.375 e. The summed E-state index contributed by atoms with van der Waals surface area (Å²) in [5.41, 5.74) is 2.86. The molecule has 0 fully saturated rings. The lowest BCUT2D eigenvalue weighted by Crippen LogP contribution is -2.28. The van der Waals surface area contributed by atoms with Gasteiger partial charge in [-0.3, -0.25) is 0 Å². The van der Waals surface area contributed by atoms with Gasteiger partial charge in [-0.2, -0.15) is 0 Å². The van der Waals surface area contributed by atoms with E-state index in [0.29, 0.717) is 5.92 Å². The van der Waals surface area contributed by atoms with Gasteiger partial charge in [-0.1, -0.05) is 44.6 Å². The van der Waals surface area contributed by atoms with E-state index in [1.165, 1.54) is 24.1 Å². The van der Waals surface area contributed by atoms with Gasteiger partial charge in [-0.05, 0) is 39.5 Å². The van der Waals surface area contributed by atoms with Crippen molar-refractivity contribution in [1.82, 2.24) is 4.90 Å². The molecule has 0 spiro atoms. The Hall–Kier alpha value is -0.980. The summed E-state index contributed by atoms with van der Waals surface area (Å²) in [6, 6.07) is 0. The van der Waals surface area contributed by atoms with Crippen LogP contribution < -0.4 is 0 Å². The van der Waals surface area contributed by atoms with E-state index >= 15 is 0 Å². The molecule has 0 amide bonds. The lowest BCUT2D eigenvalue weighted by Gasteiger charge is -2.32. The van der Waals surface area contributed by atoms with Crippen molar-refractivity contribution in [1.29, 1.82) is 0 Å². The molecule has 0 aromatic rings. The summed E-state index contributed by atoms with van der Waals surface area (Å²) in [4.78, 5) is 2.49. The Morgan fingerprint density at radius 3 is 2.21 bits per heavy atom. The quantitative estimate of drug-likeness (QED) is 0.441. The highest BCUT2D eigenvalue weighted by atomic mass is 15.1. The summed E-state index contributed by atoms with van der Waals surface area (Å²) >= 11 is 0. The van der Waals surface area contributed by atoms with Crippen LogP contribution in [0.1, 0.15) is 59.8 Å². The summed E-state index contributed by atoms with van der Waals surface area (Å²) in [5.74, 6) is 0.518. The first-order chi connectivity index (χ1) is 9.15. The molecular formula is C18H33N. The SMILES string of the molecule is C=CCCC(=C)C(CCC)/C(=C\CC)N(CC)CC. The van der Waals surface area contributed by atoms with Crippen molar-refractivity contribution in [3.8, 4) is 0 Å². The van der Waals surface area contributed by atoms with Gasteiger partial charge in [-0.25, -0.2) is 0 Å². The lowest BCUT2D eigenvalue weighted by molar-refractivity contribution is 0.332. The molecule has 0 radical (unpaired) electrons. The first-order valence-corrected chi connectivity index (χ1v) is 7.89. The molecule has 0 heterocycles. The zero-order chi connectivity index (χ0) is 14.7. The third-order valence-electron chi connectivity index (χ3n) is 3.64. The predicted octanol–water partition coefficient (Wildman–Crippen LogP) is 5.56. The van der Waals surface area contributed by atoms with Crippen LogP contribution in [0.15, 0.2) is 36.6 Å². The molecule has 0 aliphatic heterocycles. The predicted molar refractivity (Wildman–Crippen MR) is 88.3 cm³/mol. The van der Waals surface area contributed by atoms with Gasteiger partial charge in [0, 0.05) is 24.7 Å². The molecule has 0 aliphatic rings. The van der Waals surface area contributed by atoms with Gasteiger partial charge in [0.2, 0.25) is 0 Å². The first kappa shape index (κ1) is 18.0. The zero-order valence-electron chi connectivity index (χ0n) is 13.5. The fourth-order valence-corrected chi connectivity index (χ4v) is 2.60. The minimum absolute atomic E-state index is 0.518. The first-order valence-electron chi connectivity index (χ1n) is 7.89. The molecule has 0 rings (SSSR count). The number of hydrogen-bond acceptors (Lipinski definition) is 1. The summed E-state index contributed by atoms with van der Waals surface area (Å²) < 4.78 is 0. The van der Waals surface area contributed by atoms with E-state index in [1.807, 2.05) is 6.08 Å². The minimum atomic E-state index is 0.518. The fraction of sp³-hybridized carbons (Fsp3) is 0.667. The molecule has 1 heteroatoms. The Kier molecular flexibility index (Phi) is 10.3. The Labute approximate surface area is 121 Å². The van der Waals surface area contributed by atoms with E-state index < -0.39 is 0 Å². The van der Waals surface area contributed by atoms with Gasteiger partial charge in [-0.15, -0.1) is 6.58 Å². The average molecular weight is 263 g/mol. The Morgan fingerprint density at radius 1 is 1.16 bits per heavy atom. The number of nitrogens with zero attached hydrogens (tertiary/aromatic N) is 1. The lowest BCUT2D eigenvalue weighted by atomic mass is 9.88. The van der Waals surface area contributed by atoms with E-state index in [4.69, 9.17) is 0 Å². The van der Waals surface area contributed by atoms with Gasteiger partial charge in [0.05, 0.1) is 0 Å². The molecule has 0 N–H and O–H groups in total. The maximum Gasteiger partial charge on any atom is 0.0192 e. The third kappa shape index (κ3) is 6.13. The van der Waals surface area contributed by atoms with Crippen LogP contribution in [0.25, 0.3) is 0 Å². The van der Waals surface area contributed by atoms with Crippen molar-refractivity contribution in [2.75, 3.05) is 13.1 Å². The summed E-state index contributed by atoms with van der Waals surface area (Å²) in [7, 11) is 0. The Balaban J connectivity index is 5.10. The Morgan fingerprint density at radius 2 is 1.79 bits per heavy atom. The smallest absolute Gasteiger partial charge is 0.0192 e. The maximum atomic E-state index is 4.35. The van der Waals surface area contributed by atoms with Gasteiger partial charge >= 0.3 is 0 Å². The Bertz CT molecular complexity index is 284. The second-order valence-corrected chi connectivity index (χ2v) is 5.04. The molecule has 1 nitrogen and oxygen atoms in total. The van der Waals surface area contributed by atoms with Crippen LogP contribution >= 0.6 is 0 Å². The van der Waals surface area contributed by atoms with E-state index in [2.05, 4.69) is 51.8 Å². The van der Waals surface area contributed by atoms with Crippen LogP contribution in [0.4, 0.5) is 0 Å². The standard InChI is InChI=1S/C18H33N/c1-7-12-15-16(6)17(13-8-2)18(14-9-3)19(10-4)11-5/h7,14,17H,1,6,8-13,15H2,2-5H3/b18-14+. The van der Waals surface area contributed by atoms with Crippen LogP contribution in [0.5, 0.6) is 0 Å². The second-order valence-electron chi connectivity index (χ2n) is 5.04. The van der Waals surface area contributed by atoms with Crippen molar-refractivity contribution < 1.29 is 0 Å². The molecule has 0 saturated carbocycles. The molecular weight excluding hydrogens is 230 g/mol. The molecule has 0 aromatic carbocycles. The van der Waals surface area contributed by atoms with Gasteiger partial charge in [0.25, 0.3) is 0 Å². The topological polar surface area (TPSA) is 3.24 Å². The van der Waals surface area contributed by atoms with Crippen molar-refractivity contribution in [2.24, 2.45) is 5.92 Å². The molecule has 19 heavy (non-hydrogen) atoms. The van der Waals surface area contributed by atoms with Crippen LogP contribution in [-0.4, -0.2) is 18.0 Å². The van der Waals surface area contributed by atoms with Gasteiger partial charge in [0.15, 0.2) is 0 Å². The van der Waals surface area contributed by atoms with Gasteiger partial charge < -0.3 is 4.90 Å². The van der Waals surface area contributed by atoms with Crippen molar-refractivity contribution >= 4 is 0 Å². The normalized spacial score (nSPS) is 13.2. The third-order valence-corrected chi connectivity index (χ3v) is 3.64. The highest BCUT2D eigenvalue weighted by Crippen LogP contribution is 2.30. The van der Waals surface area contributed by atoms with Crippen molar-refractivity contribution in [3.05, 3.63) is 36.6 Å². The molecule has 0 aromatic heterocycles. The number of rotatable bonds is 11. The summed E-state index contributed by atoms with van der Waals surface area (Å²) in [6.45, 7) is 19.3. The fourth-order valence-electron chi connectivity index (χ4n) is 2.60. The minimum Gasteiger partial charge on any atom is -0.375 e. The van der Waals surface area contributed by atoms with Crippen molar-refractivity contribution in [2.45, 2.75) is 59.8 Å². The van der Waals surface area contributed by atoms with Crippen LogP contribution in [0, 0.1) is 5.92 Å². The maximum absolute atomic E-state index is 4.35. The van der Waals surface area contributed by atoms with Crippen LogP contribution in [0.2, 0.25) is 0 Å². The van der Waals surface area contributed by atoms with Crippen LogP contribution in [-0.2, 0) is 0 Å². The van der Waals surface area contributed by atoms with Crippen LogP contribution in [0.3, 0.4) is 0 Å². The second kappa shape index (κ2) is 10.9. The molecule has 0 bridgehead atoms. The summed E-state index contributed by atoms with van der Waals surface area (Å²) in [6.07, 6.45) is 10.0. The highest BCUT2D eigenvalue weighted by molar-refractivity contribution is 5.19. The number of allylic oxidation sites excluding steroid dienone is 3. The molecule has 1 atom stereocenters. The monoisotopic (exact) mass is 263 g/mol. The molecule has 0 saturated heterocycles. The van der Waals surface area contributed by atoms with E-state index in [-0.39, 0.29) is 0 Å². The van der Waals surface area contributed by atoms with Crippen molar-refractivity contribution in [3.63, 3.8) is 0 Å². The van der Waals surface area contributed by atoms with E-state index in [1.54, 1.807) is 0 Å². The highest BCUT2D eigenvalue weighted by Gasteiger charge is 2.19. The summed E-state index contributed by atoms with van der Waals surface area (Å²) in [5, 5.41) is 0. The van der Waals surface area contributed by atoms with E-state index in [9.17, 15) is 0 Å². The average Bonchev–Trinajstić information content (AvgIpc) is 2.42.